The first-order valence-corrected chi connectivity index (χ1v) is 12.0. The molecule has 0 bridgehead atoms. The molecule has 4 aromatic rings. The Hall–Kier alpha value is -3.13. The summed E-state index contributed by atoms with van der Waals surface area (Å²) in [5.41, 5.74) is 2.98. The van der Waals surface area contributed by atoms with Crippen molar-refractivity contribution in [1.82, 2.24) is 9.55 Å². The number of rotatable bonds is 8. The van der Waals surface area contributed by atoms with E-state index >= 15 is 0 Å². The molecule has 1 N–H and O–H groups in total. The van der Waals surface area contributed by atoms with Crippen molar-refractivity contribution in [3.05, 3.63) is 88.2 Å². The average Bonchev–Trinajstić information content (AvgIpc) is 2.84. The van der Waals surface area contributed by atoms with Crippen LogP contribution in [0.5, 0.6) is 0 Å². The van der Waals surface area contributed by atoms with Crippen LogP contribution < -0.4 is 10.9 Å². The smallest absolute Gasteiger partial charge is 0.262 e. The van der Waals surface area contributed by atoms with Crippen LogP contribution in [0.4, 0.5) is 5.69 Å². The molecular weight excluding hydrogens is 470 g/mol. The van der Waals surface area contributed by atoms with Gasteiger partial charge in [-0.2, -0.15) is 0 Å². The van der Waals surface area contributed by atoms with Gasteiger partial charge >= 0.3 is 0 Å². The number of para-hydroxylation sites is 1. The number of nitrogens with one attached hydrogen (secondary N) is 1. The maximum Gasteiger partial charge on any atom is 0.262 e. The van der Waals surface area contributed by atoms with Gasteiger partial charge in [-0.3, -0.25) is 14.2 Å². The van der Waals surface area contributed by atoms with Crippen LogP contribution in [-0.2, 0) is 16.1 Å². The Morgan fingerprint density at radius 2 is 1.85 bits per heavy atom. The van der Waals surface area contributed by atoms with Gasteiger partial charge in [0, 0.05) is 23.4 Å². The summed E-state index contributed by atoms with van der Waals surface area (Å²) in [5, 5.41) is 3.92. The zero-order valence-corrected chi connectivity index (χ0v) is 20.4. The summed E-state index contributed by atoms with van der Waals surface area (Å²) in [6.07, 6.45) is 0. The molecule has 0 aliphatic rings. The summed E-state index contributed by atoms with van der Waals surface area (Å²) in [4.78, 5) is 30.9. The molecule has 1 unspecified atom stereocenters. The maximum atomic E-state index is 13.1. The number of amides is 1. The Morgan fingerprint density at radius 3 is 2.62 bits per heavy atom. The molecular formula is C26H24ClN3O3S. The van der Waals surface area contributed by atoms with Crippen LogP contribution in [0.3, 0.4) is 0 Å². The van der Waals surface area contributed by atoms with E-state index in [0.29, 0.717) is 34.2 Å². The molecule has 1 heterocycles. The lowest BCUT2D eigenvalue weighted by Crippen LogP contribution is -2.28. The Morgan fingerprint density at radius 1 is 1.12 bits per heavy atom. The van der Waals surface area contributed by atoms with Crippen molar-refractivity contribution in [1.29, 1.82) is 0 Å². The van der Waals surface area contributed by atoms with Gasteiger partial charge in [0.1, 0.15) is 0 Å². The largest absolute Gasteiger partial charge is 0.383 e. The number of fused-ring (bicyclic) bond motifs is 1. The van der Waals surface area contributed by atoms with E-state index in [1.54, 1.807) is 36.8 Å². The van der Waals surface area contributed by atoms with Gasteiger partial charge in [-0.1, -0.05) is 71.9 Å². The molecule has 1 aromatic heterocycles. The third-order valence-electron chi connectivity index (χ3n) is 5.32. The number of nitrogens with zero attached hydrogens (tertiary/aromatic N) is 2. The predicted octanol–water partition coefficient (Wildman–Crippen LogP) is 5.48. The molecule has 0 saturated carbocycles. The minimum absolute atomic E-state index is 0.188. The van der Waals surface area contributed by atoms with E-state index in [1.165, 1.54) is 11.8 Å². The standard InChI is InChI=1S/C26H24ClN3O3S/c1-17(24(31)28-22-11-7-6-10-20(22)18-8-4-3-5-9-18)34-26-29-23-16-19(27)12-13-21(23)25(32)30(26)14-15-33-2/h3-13,16-17H,14-15H2,1-2H3,(H,28,31). The number of anilines is 1. The molecule has 0 spiro atoms. The number of carbonyl (C=O) groups is 1. The number of hydrogen-bond acceptors (Lipinski definition) is 5. The molecule has 174 valence electrons. The predicted molar refractivity (Wildman–Crippen MR) is 139 cm³/mol. The van der Waals surface area contributed by atoms with Gasteiger partial charge in [0.05, 0.1) is 29.3 Å². The molecule has 4 rings (SSSR count). The molecule has 34 heavy (non-hydrogen) atoms. The zero-order valence-electron chi connectivity index (χ0n) is 18.8. The second-order valence-corrected chi connectivity index (χ2v) is 9.41. The van der Waals surface area contributed by atoms with Gasteiger partial charge in [0.25, 0.3) is 5.56 Å². The minimum Gasteiger partial charge on any atom is -0.383 e. The lowest BCUT2D eigenvalue weighted by molar-refractivity contribution is -0.115. The van der Waals surface area contributed by atoms with Crippen molar-refractivity contribution in [2.45, 2.75) is 23.9 Å². The minimum atomic E-state index is -0.513. The fourth-order valence-electron chi connectivity index (χ4n) is 3.55. The summed E-state index contributed by atoms with van der Waals surface area (Å²) >= 11 is 7.34. The first-order valence-electron chi connectivity index (χ1n) is 10.8. The lowest BCUT2D eigenvalue weighted by atomic mass is 10.0. The second-order valence-electron chi connectivity index (χ2n) is 7.67. The highest BCUT2D eigenvalue weighted by Gasteiger charge is 2.20. The molecule has 0 fully saturated rings. The highest BCUT2D eigenvalue weighted by atomic mass is 35.5. The number of halogens is 1. The molecule has 8 heteroatoms. The van der Waals surface area contributed by atoms with Crippen LogP contribution in [0.15, 0.2) is 82.7 Å². The van der Waals surface area contributed by atoms with Gasteiger partial charge in [0.2, 0.25) is 5.91 Å². The molecule has 0 aliphatic heterocycles. The van der Waals surface area contributed by atoms with E-state index in [0.717, 1.165) is 16.8 Å². The maximum absolute atomic E-state index is 13.1. The van der Waals surface area contributed by atoms with Gasteiger partial charge < -0.3 is 10.1 Å². The summed E-state index contributed by atoms with van der Waals surface area (Å²) in [7, 11) is 1.58. The van der Waals surface area contributed by atoms with Crippen molar-refractivity contribution in [3.63, 3.8) is 0 Å². The van der Waals surface area contributed by atoms with Crippen LogP contribution in [0.2, 0.25) is 5.02 Å². The average molecular weight is 494 g/mol. The summed E-state index contributed by atoms with van der Waals surface area (Å²) in [6, 6.07) is 22.5. The third kappa shape index (κ3) is 5.33. The van der Waals surface area contributed by atoms with E-state index in [-0.39, 0.29) is 11.5 Å². The van der Waals surface area contributed by atoms with E-state index in [9.17, 15) is 9.59 Å². The van der Waals surface area contributed by atoms with Gasteiger partial charge in [-0.05, 0) is 36.8 Å². The summed E-state index contributed by atoms with van der Waals surface area (Å²) in [6.45, 7) is 2.47. The highest BCUT2D eigenvalue weighted by Crippen LogP contribution is 2.29. The molecule has 3 aromatic carbocycles. The number of aromatic nitrogens is 2. The lowest BCUT2D eigenvalue weighted by Gasteiger charge is -2.17. The number of carbonyl (C=O) groups excluding carboxylic acids is 1. The van der Waals surface area contributed by atoms with Crippen molar-refractivity contribution < 1.29 is 9.53 Å². The Kier molecular flexibility index (Phi) is 7.67. The Balaban J connectivity index is 1.62. The van der Waals surface area contributed by atoms with Crippen LogP contribution in [-0.4, -0.2) is 34.4 Å². The molecule has 6 nitrogen and oxygen atoms in total. The van der Waals surface area contributed by atoms with Crippen molar-refractivity contribution in [2.75, 3.05) is 19.0 Å². The van der Waals surface area contributed by atoms with Crippen LogP contribution in [0, 0.1) is 0 Å². The van der Waals surface area contributed by atoms with Crippen LogP contribution in [0.1, 0.15) is 6.92 Å². The Bertz CT molecular complexity index is 1380. The van der Waals surface area contributed by atoms with E-state index in [2.05, 4.69) is 10.3 Å². The monoisotopic (exact) mass is 493 g/mol. The van der Waals surface area contributed by atoms with Gasteiger partial charge in [-0.15, -0.1) is 0 Å². The molecule has 0 radical (unpaired) electrons. The number of methoxy groups -OCH3 is 1. The highest BCUT2D eigenvalue weighted by molar-refractivity contribution is 8.00. The normalized spacial score (nSPS) is 12.0. The van der Waals surface area contributed by atoms with Gasteiger partial charge in [0.15, 0.2) is 5.16 Å². The topological polar surface area (TPSA) is 73.2 Å². The van der Waals surface area contributed by atoms with Crippen LogP contribution >= 0.6 is 23.4 Å². The number of ether oxygens (including phenoxy) is 1. The second kappa shape index (κ2) is 10.9. The summed E-state index contributed by atoms with van der Waals surface area (Å²) in [5.74, 6) is -0.188. The van der Waals surface area contributed by atoms with E-state index < -0.39 is 5.25 Å². The Labute approximate surface area is 206 Å². The summed E-state index contributed by atoms with van der Waals surface area (Å²) < 4.78 is 6.72. The van der Waals surface area contributed by atoms with E-state index in [4.69, 9.17) is 16.3 Å². The number of thioether (sulfide) groups is 1. The number of benzene rings is 3. The number of hydrogen-bond donors (Lipinski definition) is 1. The van der Waals surface area contributed by atoms with Crippen LogP contribution in [0.25, 0.3) is 22.0 Å². The quantitative estimate of drug-likeness (QED) is 0.260. The molecule has 1 amide bonds. The van der Waals surface area contributed by atoms with Crippen molar-refractivity contribution in [3.8, 4) is 11.1 Å². The molecule has 0 aliphatic carbocycles. The van der Waals surface area contributed by atoms with Crippen molar-refractivity contribution >= 4 is 45.9 Å². The first kappa shape index (κ1) is 24.0. The zero-order chi connectivity index (χ0) is 24.1. The fraction of sp³-hybridized carbons (Fsp3) is 0.192. The fourth-order valence-corrected chi connectivity index (χ4v) is 4.65. The SMILES string of the molecule is COCCn1c(SC(C)C(=O)Nc2ccccc2-c2ccccc2)nc2cc(Cl)ccc2c1=O. The van der Waals surface area contributed by atoms with E-state index in [1.807, 2.05) is 54.6 Å². The van der Waals surface area contributed by atoms with Crippen molar-refractivity contribution in [2.24, 2.45) is 0 Å². The molecule has 1 atom stereocenters. The molecule has 0 saturated heterocycles. The third-order valence-corrected chi connectivity index (χ3v) is 6.65. The first-order chi connectivity index (χ1) is 16.5. The van der Waals surface area contributed by atoms with Gasteiger partial charge in [-0.25, -0.2) is 4.98 Å².